The summed E-state index contributed by atoms with van der Waals surface area (Å²) in [5.41, 5.74) is 1.34. The van der Waals surface area contributed by atoms with Crippen LogP contribution in [-0.2, 0) is 0 Å². The van der Waals surface area contributed by atoms with Crippen LogP contribution < -0.4 is 5.32 Å². The van der Waals surface area contributed by atoms with Crippen LogP contribution in [0, 0.1) is 22.0 Å². The first kappa shape index (κ1) is 20.4. The van der Waals surface area contributed by atoms with E-state index in [2.05, 4.69) is 10.2 Å². The molecule has 1 aromatic heterocycles. The average molecular weight is 456 g/mol. The highest BCUT2D eigenvalue weighted by molar-refractivity contribution is 7.21. The first-order valence-corrected chi connectivity index (χ1v) is 11.6. The molecule has 1 N–H and O–H groups in total. The van der Waals surface area contributed by atoms with E-state index in [0.29, 0.717) is 34.2 Å². The number of nitrogens with one attached hydrogen (secondary N) is 1. The second kappa shape index (κ2) is 8.22. The van der Waals surface area contributed by atoms with Gasteiger partial charge in [0.05, 0.1) is 9.95 Å². The average Bonchev–Trinajstić information content (AvgIpc) is 3.26. The number of nitrogens with zero attached hydrogens (tertiary/aromatic N) is 2. The first-order chi connectivity index (χ1) is 15.0. The van der Waals surface area contributed by atoms with Crippen molar-refractivity contribution < 1.29 is 9.72 Å². The number of amides is 1. The number of carbonyl (C=O) groups excluding carboxylic acids is 1. The number of nitro benzene ring substituents is 1. The lowest BCUT2D eigenvalue weighted by atomic mass is 9.64. The van der Waals surface area contributed by atoms with Gasteiger partial charge in [-0.05, 0) is 35.8 Å². The van der Waals surface area contributed by atoms with Gasteiger partial charge in [-0.15, -0.1) is 11.3 Å². The van der Waals surface area contributed by atoms with Gasteiger partial charge < -0.3 is 10.2 Å². The highest BCUT2D eigenvalue weighted by atomic mass is 35.5. The van der Waals surface area contributed by atoms with Crippen LogP contribution in [0.3, 0.4) is 0 Å². The van der Waals surface area contributed by atoms with Crippen molar-refractivity contribution in [2.75, 3.05) is 26.2 Å². The normalized spacial score (nSPS) is 22.8. The van der Waals surface area contributed by atoms with Crippen molar-refractivity contribution in [1.29, 1.82) is 0 Å². The van der Waals surface area contributed by atoms with E-state index in [0.717, 1.165) is 36.1 Å². The number of hydrogen-bond acceptors (Lipinski definition) is 5. The quantitative estimate of drug-likeness (QED) is 0.422. The van der Waals surface area contributed by atoms with E-state index < -0.39 is 0 Å². The molecule has 0 bridgehead atoms. The molecule has 2 fully saturated rings. The summed E-state index contributed by atoms with van der Waals surface area (Å²) in [5, 5.41) is 15.3. The number of benzene rings is 2. The molecule has 31 heavy (non-hydrogen) atoms. The third-order valence-corrected chi connectivity index (χ3v) is 8.30. The molecule has 0 spiro atoms. The highest BCUT2D eigenvalue weighted by Crippen LogP contribution is 2.51. The van der Waals surface area contributed by atoms with Gasteiger partial charge in [0.15, 0.2) is 0 Å². The van der Waals surface area contributed by atoms with Crippen LogP contribution in [0.25, 0.3) is 10.1 Å². The molecular weight excluding hydrogens is 434 g/mol. The van der Waals surface area contributed by atoms with E-state index >= 15 is 0 Å². The molecule has 3 unspecified atom stereocenters. The lowest BCUT2D eigenvalue weighted by Crippen LogP contribution is -2.34. The number of thiophene rings is 1. The van der Waals surface area contributed by atoms with Crippen molar-refractivity contribution in [3.05, 3.63) is 74.1 Å². The summed E-state index contributed by atoms with van der Waals surface area (Å²) >= 11 is 7.83. The Labute approximate surface area is 189 Å². The number of likely N-dealkylation sites (tertiary alicyclic amines) is 1. The highest BCUT2D eigenvalue weighted by Gasteiger charge is 2.47. The van der Waals surface area contributed by atoms with Crippen molar-refractivity contribution in [2.24, 2.45) is 11.8 Å². The van der Waals surface area contributed by atoms with Gasteiger partial charge >= 0.3 is 0 Å². The van der Waals surface area contributed by atoms with Crippen molar-refractivity contribution in [1.82, 2.24) is 10.2 Å². The summed E-state index contributed by atoms with van der Waals surface area (Å²) in [6, 6.07) is 14.8. The fourth-order valence-corrected chi connectivity index (χ4v) is 6.41. The molecule has 1 aliphatic heterocycles. The number of fused-ring (bicyclic) bond motifs is 2. The molecule has 1 amide bonds. The molecule has 6 nitrogen and oxygen atoms in total. The molecule has 8 heteroatoms. The summed E-state index contributed by atoms with van der Waals surface area (Å²) in [6.45, 7) is 3.46. The Morgan fingerprint density at radius 3 is 2.71 bits per heavy atom. The molecule has 5 rings (SSSR count). The summed E-state index contributed by atoms with van der Waals surface area (Å²) < 4.78 is 1.02. The second-order valence-electron chi connectivity index (χ2n) is 8.37. The summed E-state index contributed by atoms with van der Waals surface area (Å²) in [4.78, 5) is 26.1. The van der Waals surface area contributed by atoms with Gasteiger partial charge in [-0.2, -0.15) is 0 Å². The van der Waals surface area contributed by atoms with Gasteiger partial charge in [0, 0.05) is 48.4 Å². The van der Waals surface area contributed by atoms with Gasteiger partial charge in [0.1, 0.15) is 4.88 Å². The van der Waals surface area contributed by atoms with Crippen LogP contribution in [0.1, 0.15) is 27.6 Å². The topological polar surface area (TPSA) is 75.5 Å². The standard InChI is InChI=1S/C23H22ClN3O3S/c24-21-17-3-1-2-4-20(17)31-22(21)23(28)25-9-10-26-12-15-11-18(19(15)13-26)14-5-7-16(8-6-14)27(29)30/h1-8,15,18-19H,9-13H2,(H,25,28). The first-order valence-electron chi connectivity index (χ1n) is 10.4. The number of carbonyl (C=O) groups is 1. The number of non-ortho nitro benzene ring substituents is 1. The van der Waals surface area contributed by atoms with Crippen LogP contribution in [-0.4, -0.2) is 41.9 Å². The number of halogens is 1. The molecule has 2 heterocycles. The Balaban J connectivity index is 1.14. The van der Waals surface area contributed by atoms with Gasteiger partial charge in [-0.3, -0.25) is 14.9 Å². The fourth-order valence-electron chi connectivity index (χ4n) is 4.98. The maximum atomic E-state index is 12.6. The molecule has 1 aliphatic carbocycles. The minimum Gasteiger partial charge on any atom is -0.350 e. The molecule has 3 aromatic rings. The maximum absolute atomic E-state index is 12.6. The van der Waals surface area contributed by atoms with E-state index in [1.165, 1.54) is 16.9 Å². The molecule has 2 aliphatic rings. The van der Waals surface area contributed by atoms with E-state index in [1.54, 1.807) is 12.1 Å². The maximum Gasteiger partial charge on any atom is 0.269 e. The monoisotopic (exact) mass is 455 g/mol. The Morgan fingerprint density at radius 2 is 1.97 bits per heavy atom. The smallest absolute Gasteiger partial charge is 0.269 e. The minimum absolute atomic E-state index is 0.114. The summed E-state index contributed by atoms with van der Waals surface area (Å²) in [7, 11) is 0. The molecule has 0 radical (unpaired) electrons. The Morgan fingerprint density at radius 1 is 1.19 bits per heavy atom. The van der Waals surface area contributed by atoms with Crippen molar-refractivity contribution in [2.45, 2.75) is 12.3 Å². The lowest BCUT2D eigenvalue weighted by Gasteiger charge is -2.40. The summed E-state index contributed by atoms with van der Waals surface area (Å²) in [6.07, 6.45) is 1.13. The van der Waals surface area contributed by atoms with Gasteiger partial charge in [-0.25, -0.2) is 0 Å². The van der Waals surface area contributed by atoms with E-state index in [9.17, 15) is 14.9 Å². The Bertz CT molecular complexity index is 1150. The Hall–Kier alpha value is -2.48. The van der Waals surface area contributed by atoms with E-state index in [-0.39, 0.29) is 16.5 Å². The fraction of sp³-hybridized carbons (Fsp3) is 0.348. The third-order valence-electron chi connectivity index (χ3n) is 6.63. The number of rotatable bonds is 6. The van der Waals surface area contributed by atoms with Gasteiger partial charge in [0.2, 0.25) is 0 Å². The molecule has 160 valence electrons. The molecule has 3 atom stereocenters. The molecular formula is C23H22ClN3O3S. The molecule has 2 aromatic carbocycles. The third kappa shape index (κ3) is 3.82. The minimum atomic E-state index is -0.356. The van der Waals surface area contributed by atoms with E-state index in [1.807, 2.05) is 36.4 Å². The van der Waals surface area contributed by atoms with Crippen molar-refractivity contribution in [3.63, 3.8) is 0 Å². The van der Waals surface area contributed by atoms with Crippen molar-refractivity contribution in [3.8, 4) is 0 Å². The van der Waals surface area contributed by atoms with Crippen LogP contribution in [0.2, 0.25) is 5.02 Å². The van der Waals surface area contributed by atoms with Crippen LogP contribution in [0.15, 0.2) is 48.5 Å². The van der Waals surface area contributed by atoms with Crippen LogP contribution >= 0.6 is 22.9 Å². The largest absolute Gasteiger partial charge is 0.350 e. The zero-order valence-corrected chi connectivity index (χ0v) is 18.4. The predicted molar refractivity (Wildman–Crippen MR) is 123 cm³/mol. The van der Waals surface area contributed by atoms with Gasteiger partial charge in [-0.1, -0.05) is 41.9 Å². The second-order valence-corrected chi connectivity index (χ2v) is 9.80. The molecule has 1 saturated carbocycles. The summed E-state index contributed by atoms with van der Waals surface area (Å²) in [5.74, 6) is 1.63. The number of hydrogen-bond donors (Lipinski definition) is 1. The van der Waals surface area contributed by atoms with Gasteiger partial charge in [0.25, 0.3) is 11.6 Å². The van der Waals surface area contributed by atoms with Crippen LogP contribution in [0.5, 0.6) is 0 Å². The lowest BCUT2D eigenvalue weighted by molar-refractivity contribution is -0.384. The SMILES string of the molecule is O=C(NCCN1CC2CC(c3ccc([N+](=O)[O-])cc3)C2C1)c1sc2ccccc2c1Cl. The predicted octanol–water partition coefficient (Wildman–Crippen LogP) is 4.93. The Kier molecular flexibility index (Phi) is 5.42. The number of nitro groups is 1. The zero-order chi connectivity index (χ0) is 21.5. The molecule has 1 saturated heterocycles. The van der Waals surface area contributed by atoms with Crippen molar-refractivity contribution >= 4 is 44.6 Å². The zero-order valence-electron chi connectivity index (χ0n) is 16.8. The van der Waals surface area contributed by atoms with E-state index in [4.69, 9.17) is 11.6 Å². The van der Waals surface area contributed by atoms with Crippen LogP contribution in [0.4, 0.5) is 5.69 Å².